The zero-order valence-electron chi connectivity index (χ0n) is 14.6. The number of carbonyl (C=O) groups is 1. The molecule has 0 fully saturated rings. The van der Waals surface area contributed by atoms with Gasteiger partial charge in [0, 0.05) is 11.2 Å². The molecule has 0 aliphatic rings. The fraction of sp³-hybridized carbons (Fsp3) is 0.105. The molecule has 4 rings (SSSR count). The molecule has 0 bridgehead atoms. The number of alkyl halides is 3. The Labute approximate surface area is 165 Å². The second-order valence-corrected chi connectivity index (χ2v) is 7.03. The average Bonchev–Trinajstić information content (AvgIpc) is 3.31. The van der Waals surface area contributed by atoms with Crippen molar-refractivity contribution < 1.29 is 22.4 Å². The fourth-order valence-corrected chi connectivity index (χ4v) is 3.87. The SMILES string of the molecule is O=C(NCc1csc2ccccc12)c1nnn(-c2cccc(F)c2)c1C(F)(F)F. The monoisotopic (exact) mass is 420 g/mol. The van der Waals surface area contributed by atoms with Gasteiger partial charge < -0.3 is 5.32 Å². The summed E-state index contributed by atoms with van der Waals surface area (Å²) < 4.78 is 55.8. The summed E-state index contributed by atoms with van der Waals surface area (Å²) in [7, 11) is 0. The van der Waals surface area contributed by atoms with E-state index in [-0.39, 0.29) is 12.2 Å². The third-order valence-electron chi connectivity index (χ3n) is 4.21. The Hall–Kier alpha value is -3.27. The number of halogens is 4. The molecule has 0 radical (unpaired) electrons. The highest BCUT2D eigenvalue weighted by atomic mass is 32.1. The summed E-state index contributed by atoms with van der Waals surface area (Å²) >= 11 is 1.47. The first-order chi connectivity index (χ1) is 13.8. The zero-order chi connectivity index (χ0) is 20.6. The molecular formula is C19H12F4N4OS. The number of aromatic nitrogens is 3. The van der Waals surface area contributed by atoms with Gasteiger partial charge >= 0.3 is 6.18 Å². The minimum absolute atomic E-state index is 0.0347. The van der Waals surface area contributed by atoms with Gasteiger partial charge in [-0.2, -0.15) is 13.2 Å². The van der Waals surface area contributed by atoms with Crippen LogP contribution in [0.1, 0.15) is 21.7 Å². The van der Waals surface area contributed by atoms with E-state index in [0.717, 1.165) is 27.8 Å². The largest absolute Gasteiger partial charge is 0.435 e. The Morgan fingerprint density at radius 2 is 1.93 bits per heavy atom. The smallest absolute Gasteiger partial charge is 0.346 e. The lowest BCUT2D eigenvalue weighted by atomic mass is 10.2. The van der Waals surface area contributed by atoms with Crippen molar-refractivity contribution in [3.05, 3.63) is 76.7 Å². The Bertz CT molecular complexity index is 1200. The molecule has 0 saturated carbocycles. The van der Waals surface area contributed by atoms with Crippen LogP contribution >= 0.6 is 11.3 Å². The molecule has 148 valence electrons. The van der Waals surface area contributed by atoms with Gasteiger partial charge in [-0.1, -0.05) is 29.5 Å². The molecule has 0 aliphatic carbocycles. The number of hydrogen-bond acceptors (Lipinski definition) is 4. The predicted octanol–water partition coefficient (Wildman–Crippen LogP) is 4.57. The molecule has 1 amide bonds. The van der Waals surface area contributed by atoms with Crippen molar-refractivity contribution in [2.24, 2.45) is 0 Å². The number of carbonyl (C=O) groups excluding carboxylic acids is 1. The summed E-state index contributed by atoms with van der Waals surface area (Å²) in [5, 5.41) is 12.0. The van der Waals surface area contributed by atoms with Gasteiger partial charge in [0.1, 0.15) is 5.82 Å². The number of nitrogens with zero attached hydrogens (tertiary/aromatic N) is 3. The topological polar surface area (TPSA) is 59.8 Å². The van der Waals surface area contributed by atoms with E-state index in [1.807, 2.05) is 29.6 Å². The van der Waals surface area contributed by atoms with Crippen molar-refractivity contribution in [1.82, 2.24) is 20.3 Å². The highest BCUT2D eigenvalue weighted by Gasteiger charge is 2.42. The molecule has 5 nitrogen and oxygen atoms in total. The van der Waals surface area contributed by atoms with E-state index >= 15 is 0 Å². The van der Waals surface area contributed by atoms with Gasteiger partial charge in [-0.15, -0.1) is 16.4 Å². The van der Waals surface area contributed by atoms with Crippen LogP contribution in [0.3, 0.4) is 0 Å². The number of benzene rings is 2. The normalized spacial score (nSPS) is 11.7. The molecule has 0 aliphatic heterocycles. The van der Waals surface area contributed by atoms with Gasteiger partial charge in [-0.3, -0.25) is 4.79 Å². The second kappa shape index (κ2) is 7.28. The predicted molar refractivity (Wildman–Crippen MR) is 99.3 cm³/mol. The lowest BCUT2D eigenvalue weighted by Gasteiger charge is -2.11. The summed E-state index contributed by atoms with van der Waals surface area (Å²) in [6.07, 6.45) is -4.92. The van der Waals surface area contributed by atoms with Crippen molar-refractivity contribution >= 4 is 27.3 Å². The van der Waals surface area contributed by atoms with Gasteiger partial charge in [0.2, 0.25) is 0 Å². The van der Waals surface area contributed by atoms with Crippen LogP contribution in [0.2, 0.25) is 0 Å². The quantitative estimate of drug-likeness (QED) is 0.492. The number of amides is 1. The number of rotatable bonds is 4. The minimum atomic E-state index is -4.92. The fourth-order valence-electron chi connectivity index (χ4n) is 2.91. The van der Waals surface area contributed by atoms with Crippen LogP contribution in [-0.4, -0.2) is 20.9 Å². The molecule has 0 saturated heterocycles. The summed E-state index contributed by atoms with van der Waals surface area (Å²) in [4.78, 5) is 12.5. The van der Waals surface area contributed by atoms with Crippen LogP contribution in [0.25, 0.3) is 15.8 Å². The Kier molecular flexibility index (Phi) is 4.79. The van der Waals surface area contributed by atoms with Gasteiger partial charge in [0.25, 0.3) is 5.91 Å². The Morgan fingerprint density at radius 3 is 2.69 bits per heavy atom. The van der Waals surface area contributed by atoms with Gasteiger partial charge in [-0.05, 0) is 40.6 Å². The third kappa shape index (κ3) is 3.70. The van der Waals surface area contributed by atoms with E-state index in [1.165, 1.54) is 23.5 Å². The maximum absolute atomic E-state index is 13.6. The summed E-state index contributed by atoms with van der Waals surface area (Å²) in [6.45, 7) is 0.0347. The first-order valence-electron chi connectivity index (χ1n) is 8.37. The summed E-state index contributed by atoms with van der Waals surface area (Å²) in [5.74, 6) is -1.75. The van der Waals surface area contributed by atoms with Gasteiger partial charge in [-0.25, -0.2) is 9.07 Å². The van der Waals surface area contributed by atoms with E-state index in [9.17, 15) is 22.4 Å². The van der Waals surface area contributed by atoms with E-state index in [0.29, 0.717) is 4.68 Å². The van der Waals surface area contributed by atoms with E-state index in [4.69, 9.17) is 0 Å². The first kappa shape index (κ1) is 19.1. The van der Waals surface area contributed by atoms with Crippen LogP contribution in [-0.2, 0) is 12.7 Å². The zero-order valence-corrected chi connectivity index (χ0v) is 15.4. The van der Waals surface area contributed by atoms with Crippen LogP contribution in [0, 0.1) is 5.82 Å². The highest BCUT2D eigenvalue weighted by Crippen LogP contribution is 2.33. The minimum Gasteiger partial charge on any atom is -0.346 e. The molecule has 2 heterocycles. The van der Waals surface area contributed by atoms with Crippen LogP contribution in [0.15, 0.2) is 53.9 Å². The van der Waals surface area contributed by atoms with Crippen molar-refractivity contribution in [2.75, 3.05) is 0 Å². The number of thiophene rings is 1. The molecule has 0 atom stereocenters. The lowest BCUT2D eigenvalue weighted by molar-refractivity contribution is -0.143. The molecule has 0 spiro atoms. The van der Waals surface area contributed by atoms with E-state index in [2.05, 4.69) is 15.6 Å². The Balaban J connectivity index is 1.65. The van der Waals surface area contributed by atoms with Crippen molar-refractivity contribution in [2.45, 2.75) is 12.7 Å². The van der Waals surface area contributed by atoms with Gasteiger partial charge in [0.05, 0.1) is 5.69 Å². The second-order valence-electron chi connectivity index (χ2n) is 6.12. The summed E-state index contributed by atoms with van der Waals surface area (Å²) in [6, 6.07) is 12.0. The molecule has 1 N–H and O–H groups in total. The van der Waals surface area contributed by atoms with Gasteiger partial charge in [0.15, 0.2) is 11.4 Å². The number of fused-ring (bicyclic) bond motifs is 1. The average molecular weight is 420 g/mol. The first-order valence-corrected chi connectivity index (χ1v) is 9.24. The van der Waals surface area contributed by atoms with Crippen molar-refractivity contribution in [3.63, 3.8) is 0 Å². The molecule has 10 heteroatoms. The van der Waals surface area contributed by atoms with Crippen LogP contribution < -0.4 is 5.32 Å². The van der Waals surface area contributed by atoms with Crippen LogP contribution in [0.4, 0.5) is 17.6 Å². The molecule has 29 heavy (non-hydrogen) atoms. The summed E-state index contributed by atoms with van der Waals surface area (Å²) in [5.41, 5.74) is -1.64. The molecular weight excluding hydrogens is 408 g/mol. The van der Waals surface area contributed by atoms with E-state index < -0.39 is 29.3 Å². The highest BCUT2D eigenvalue weighted by molar-refractivity contribution is 7.17. The van der Waals surface area contributed by atoms with E-state index in [1.54, 1.807) is 0 Å². The molecule has 4 aromatic rings. The maximum atomic E-state index is 13.6. The van der Waals surface area contributed by atoms with Crippen LogP contribution in [0.5, 0.6) is 0 Å². The molecule has 2 aromatic heterocycles. The number of nitrogens with one attached hydrogen (secondary N) is 1. The van der Waals surface area contributed by atoms with Crippen molar-refractivity contribution in [1.29, 1.82) is 0 Å². The Morgan fingerprint density at radius 1 is 1.14 bits per heavy atom. The molecule has 2 aromatic carbocycles. The standard InChI is InChI=1S/C19H12F4N4OS/c20-12-4-3-5-13(8-12)27-17(19(21,22)23)16(25-26-27)18(28)24-9-11-10-29-15-7-2-1-6-14(11)15/h1-8,10H,9H2,(H,24,28). The molecule has 0 unspecified atom stereocenters. The number of hydrogen-bond donors (Lipinski definition) is 1. The van der Waals surface area contributed by atoms with Crippen molar-refractivity contribution in [3.8, 4) is 5.69 Å². The third-order valence-corrected chi connectivity index (χ3v) is 5.22. The lowest BCUT2D eigenvalue weighted by Crippen LogP contribution is -2.27. The maximum Gasteiger partial charge on any atom is 0.435 e.